The maximum Gasteiger partial charge on any atom is 0.0123 e. The van der Waals surface area contributed by atoms with Crippen LogP contribution in [-0.4, -0.2) is 24.0 Å². The Balaban J connectivity index is 1.99. The molecule has 0 aromatic carbocycles. The topological polar surface area (TPSA) is 3.24 Å². The smallest absolute Gasteiger partial charge is 0.0123 e. The van der Waals surface area contributed by atoms with Gasteiger partial charge in [-0.2, -0.15) is 0 Å². The Labute approximate surface area is 159 Å². The van der Waals surface area contributed by atoms with E-state index in [2.05, 4.69) is 18.7 Å². The van der Waals surface area contributed by atoms with Crippen molar-refractivity contribution in [2.24, 2.45) is 11.8 Å². The van der Waals surface area contributed by atoms with Crippen molar-refractivity contribution in [3.63, 3.8) is 0 Å². The van der Waals surface area contributed by atoms with E-state index in [0.717, 1.165) is 17.9 Å². The van der Waals surface area contributed by atoms with Gasteiger partial charge in [-0.05, 0) is 50.6 Å². The third-order valence-corrected chi connectivity index (χ3v) is 7.17. The third-order valence-electron chi connectivity index (χ3n) is 7.17. The lowest BCUT2D eigenvalue weighted by molar-refractivity contribution is 0.120. The van der Waals surface area contributed by atoms with Crippen molar-refractivity contribution in [2.75, 3.05) is 13.1 Å². The van der Waals surface area contributed by atoms with Crippen molar-refractivity contribution in [2.45, 2.75) is 129 Å². The number of nitrogens with zero attached hydrogens (tertiary/aromatic N) is 1. The van der Waals surface area contributed by atoms with Crippen LogP contribution < -0.4 is 0 Å². The van der Waals surface area contributed by atoms with Gasteiger partial charge in [0.05, 0.1) is 0 Å². The largest absolute Gasteiger partial charge is 0.300 e. The van der Waals surface area contributed by atoms with Crippen LogP contribution in [0.4, 0.5) is 0 Å². The lowest BCUT2D eigenvalue weighted by atomic mass is 9.83. The Hall–Kier alpha value is -0.0400. The lowest BCUT2D eigenvalue weighted by Crippen LogP contribution is -2.41. The molecule has 1 heteroatoms. The van der Waals surface area contributed by atoms with Gasteiger partial charge in [0.2, 0.25) is 0 Å². The summed E-state index contributed by atoms with van der Waals surface area (Å²) in [6, 6.07) is 0.889. The maximum absolute atomic E-state index is 2.89. The molecule has 2 rings (SSSR count). The van der Waals surface area contributed by atoms with Crippen molar-refractivity contribution in [1.29, 1.82) is 0 Å². The lowest BCUT2D eigenvalue weighted by Gasteiger charge is -2.37. The first-order valence-electron chi connectivity index (χ1n) is 12.0. The molecule has 3 atom stereocenters. The van der Waals surface area contributed by atoms with Crippen LogP contribution in [0.15, 0.2) is 0 Å². The van der Waals surface area contributed by atoms with Crippen LogP contribution in [0.2, 0.25) is 0 Å². The summed E-state index contributed by atoms with van der Waals surface area (Å²) in [5, 5.41) is 0. The predicted octanol–water partition coefficient (Wildman–Crippen LogP) is 7.59. The molecule has 25 heavy (non-hydrogen) atoms. The van der Waals surface area contributed by atoms with Gasteiger partial charge >= 0.3 is 0 Å². The minimum absolute atomic E-state index is 0.889. The molecular formula is C24H47N. The Kier molecular flexibility index (Phi) is 11.2. The van der Waals surface area contributed by atoms with Crippen molar-refractivity contribution in [1.82, 2.24) is 4.90 Å². The van der Waals surface area contributed by atoms with E-state index in [9.17, 15) is 0 Å². The van der Waals surface area contributed by atoms with E-state index in [4.69, 9.17) is 0 Å². The zero-order valence-corrected chi connectivity index (χ0v) is 17.6. The summed E-state index contributed by atoms with van der Waals surface area (Å²) in [4.78, 5) is 2.89. The first-order valence-corrected chi connectivity index (χ1v) is 12.0. The molecule has 1 saturated heterocycles. The summed E-state index contributed by atoms with van der Waals surface area (Å²) >= 11 is 0. The Morgan fingerprint density at radius 2 is 1.16 bits per heavy atom. The second-order valence-corrected chi connectivity index (χ2v) is 9.25. The fourth-order valence-corrected chi connectivity index (χ4v) is 5.43. The molecule has 1 nitrogen and oxygen atoms in total. The average molecular weight is 350 g/mol. The van der Waals surface area contributed by atoms with Crippen LogP contribution in [0.25, 0.3) is 0 Å². The number of hydrogen-bond donors (Lipinski definition) is 0. The van der Waals surface area contributed by atoms with Crippen molar-refractivity contribution in [3.8, 4) is 0 Å². The minimum Gasteiger partial charge on any atom is -0.300 e. The zero-order chi connectivity index (χ0) is 17.7. The van der Waals surface area contributed by atoms with E-state index >= 15 is 0 Å². The molecule has 0 aromatic rings. The molecule has 2 aliphatic rings. The SMILES string of the molecule is CCN1CCCCCCCC1C1CCCCCCCCCC(C)CC1. The summed E-state index contributed by atoms with van der Waals surface area (Å²) in [5.74, 6) is 1.93. The molecule has 0 spiro atoms. The van der Waals surface area contributed by atoms with Gasteiger partial charge in [0.25, 0.3) is 0 Å². The van der Waals surface area contributed by atoms with Gasteiger partial charge in [0, 0.05) is 6.04 Å². The highest BCUT2D eigenvalue weighted by Gasteiger charge is 2.27. The molecule has 0 N–H and O–H groups in total. The molecule has 0 radical (unpaired) electrons. The molecule has 2 fully saturated rings. The number of rotatable bonds is 2. The predicted molar refractivity (Wildman–Crippen MR) is 112 cm³/mol. The van der Waals surface area contributed by atoms with Gasteiger partial charge in [0.1, 0.15) is 0 Å². The van der Waals surface area contributed by atoms with Gasteiger partial charge in [-0.3, -0.25) is 0 Å². The fraction of sp³-hybridized carbons (Fsp3) is 1.00. The summed E-state index contributed by atoms with van der Waals surface area (Å²) in [7, 11) is 0. The van der Waals surface area contributed by atoms with E-state index in [1.807, 2.05) is 0 Å². The van der Waals surface area contributed by atoms with Gasteiger partial charge in [-0.15, -0.1) is 0 Å². The van der Waals surface area contributed by atoms with Crippen molar-refractivity contribution in [3.05, 3.63) is 0 Å². The van der Waals surface area contributed by atoms with Crippen LogP contribution in [0.5, 0.6) is 0 Å². The molecule has 0 amide bonds. The molecule has 3 unspecified atom stereocenters. The van der Waals surface area contributed by atoms with E-state index < -0.39 is 0 Å². The van der Waals surface area contributed by atoms with Crippen molar-refractivity contribution >= 4 is 0 Å². The quantitative estimate of drug-likeness (QED) is 0.496. The molecule has 1 saturated carbocycles. The summed E-state index contributed by atoms with van der Waals surface area (Å²) < 4.78 is 0. The highest BCUT2D eigenvalue weighted by Crippen LogP contribution is 2.31. The van der Waals surface area contributed by atoms with E-state index in [1.165, 1.54) is 122 Å². The molecule has 1 aliphatic heterocycles. The van der Waals surface area contributed by atoms with E-state index in [0.29, 0.717) is 0 Å². The van der Waals surface area contributed by atoms with Crippen LogP contribution in [0.3, 0.4) is 0 Å². The summed E-state index contributed by atoms with van der Waals surface area (Å²) in [6.07, 6.45) is 25.2. The van der Waals surface area contributed by atoms with Crippen LogP contribution >= 0.6 is 0 Å². The highest BCUT2D eigenvalue weighted by atomic mass is 15.1. The van der Waals surface area contributed by atoms with Crippen molar-refractivity contribution < 1.29 is 0 Å². The van der Waals surface area contributed by atoms with Gasteiger partial charge in [-0.1, -0.05) is 97.3 Å². The van der Waals surface area contributed by atoms with Gasteiger partial charge < -0.3 is 4.90 Å². The van der Waals surface area contributed by atoms with E-state index in [1.54, 1.807) is 0 Å². The first-order chi connectivity index (χ1) is 12.3. The monoisotopic (exact) mass is 349 g/mol. The second kappa shape index (κ2) is 13.2. The van der Waals surface area contributed by atoms with Crippen LogP contribution in [0, 0.1) is 11.8 Å². The highest BCUT2D eigenvalue weighted by molar-refractivity contribution is 4.81. The van der Waals surface area contributed by atoms with E-state index in [-0.39, 0.29) is 0 Å². The summed E-state index contributed by atoms with van der Waals surface area (Å²) in [5.41, 5.74) is 0. The average Bonchev–Trinajstić information content (AvgIpc) is 2.74. The standard InChI is InChI=1S/C24H47N/c1-3-25-21-15-11-7-10-14-18-24(25)23-17-13-9-6-4-5-8-12-16-22(2)19-20-23/h22-24H,3-21H2,1-2H3. The van der Waals surface area contributed by atoms with Crippen LogP contribution in [0.1, 0.15) is 123 Å². The Morgan fingerprint density at radius 1 is 0.600 bits per heavy atom. The Bertz CT molecular complexity index is 313. The Morgan fingerprint density at radius 3 is 1.84 bits per heavy atom. The third kappa shape index (κ3) is 8.46. The fourth-order valence-electron chi connectivity index (χ4n) is 5.43. The van der Waals surface area contributed by atoms with Gasteiger partial charge in [-0.25, -0.2) is 0 Å². The van der Waals surface area contributed by atoms with Crippen LogP contribution in [-0.2, 0) is 0 Å². The molecule has 1 aliphatic carbocycles. The van der Waals surface area contributed by atoms with Gasteiger partial charge in [0.15, 0.2) is 0 Å². The number of hydrogen-bond acceptors (Lipinski definition) is 1. The molecular weight excluding hydrogens is 302 g/mol. The molecule has 0 bridgehead atoms. The first kappa shape index (κ1) is 21.3. The molecule has 0 aromatic heterocycles. The zero-order valence-electron chi connectivity index (χ0n) is 17.6. The minimum atomic E-state index is 0.889. The summed E-state index contributed by atoms with van der Waals surface area (Å²) in [6.45, 7) is 7.58. The second-order valence-electron chi connectivity index (χ2n) is 9.25. The molecule has 148 valence electrons. The normalized spacial score (nSPS) is 33.1. The molecule has 1 heterocycles. The maximum atomic E-state index is 2.89.